The van der Waals surface area contributed by atoms with Crippen molar-refractivity contribution in [2.24, 2.45) is 4.99 Å². The maximum absolute atomic E-state index is 13.2. The number of aliphatic imine (C=N–C) groups is 1. The zero-order valence-electron chi connectivity index (χ0n) is 17.9. The molecule has 6 heteroatoms. The fraction of sp³-hybridized carbons (Fsp3) is 0.154. The van der Waals surface area contributed by atoms with Gasteiger partial charge >= 0.3 is 0 Å². The molecule has 3 aromatic carbocycles. The van der Waals surface area contributed by atoms with Crippen molar-refractivity contribution in [1.29, 1.82) is 0 Å². The lowest BCUT2D eigenvalue weighted by atomic mass is 10.1. The van der Waals surface area contributed by atoms with Crippen LogP contribution in [0.1, 0.15) is 23.6 Å². The van der Waals surface area contributed by atoms with E-state index in [1.54, 1.807) is 17.0 Å². The summed E-state index contributed by atoms with van der Waals surface area (Å²) in [5, 5.41) is 0.591. The van der Waals surface area contributed by atoms with Crippen LogP contribution < -0.4 is 4.74 Å². The first-order valence-corrected chi connectivity index (χ1v) is 11.2. The molecule has 0 atom stereocenters. The second kappa shape index (κ2) is 9.83. The average Bonchev–Trinajstić information content (AvgIpc) is 3.09. The lowest BCUT2D eigenvalue weighted by Gasteiger charge is -2.11. The molecular weight excluding hydrogens is 423 g/mol. The van der Waals surface area contributed by atoms with Gasteiger partial charge in [-0.15, -0.1) is 0 Å². The molecule has 0 aromatic heterocycles. The van der Waals surface area contributed by atoms with E-state index in [4.69, 9.17) is 4.74 Å². The number of amidine groups is 1. The number of ether oxygens (including phenoxy) is 1. The summed E-state index contributed by atoms with van der Waals surface area (Å²) in [5.41, 5.74) is 3.85. The van der Waals surface area contributed by atoms with Gasteiger partial charge in [0.05, 0.1) is 10.6 Å². The number of thioether (sulfide) groups is 1. The van der Waals surface area contributed by atoms with E-state index >= 15 is 0 Å². The van der Waals surface area contributed by atoms with Crippen molar-refractivity contribution in [3.05, 3.63) is 100 Å². The highest BCUT2D eigenvalue weighted by molar-refractivity contribution is 8.18. The van der Waals surface area contributed by atoms with Crippen molar-refractivity contribution >= 4 is 34.6 Å². The molecule has 1 saturated heterocycles. The normalized spacial score (nSPS) is 16.2. The quantitative estimate of drug-likeness (QED) is 0.415. The molecule has 0 unspecified atom stereocenters. The van der Waals surface area contributed by atoms with Crippen molar-refractivity contribution in [3.63, 3.8) is 0 Å². The van der Waals surface area contributed by atoms with Crippen LogP contribution >= 0.6 is 11.8 Å². The van der Waals surface area contributed by atoms with Gasteiger partial charge in [-0.2, -0.15) is 0 Å². The van der Waals surface area contributed by atoms with Gasteiger partial charge < -0.3 is 4.74 Å². The summed E-state index contributed by atoms with van der Waals surface area (Å²) < 4.78 is 19.0. The molecule has 1 heterocycles. The first-order valence-electron chi connectivity index (χ1n) is 10.4. The molecule has 1 aliphatic rings. The van der Waals surface area contributed by atoms with E-state index in [0.717, 1.165) is 16.9 Å². The third-order valence-corrected chi connectivity index (χ3v) is 5.97. The molecule has 0 aliphatic carbocycles. The highest BCUT2D eigenvalue weighted by atomic mass is 32.2. The van der Waals surface area contributed by atoms with Crippen molar-refractivity contribution in [2.45, 2.75) is 20.5 Å². The van der Waals surface area contributed by atoms with Crippen LogP contribution in [0.2, 0.25) is 0 Å². The molecule has 0 saturated carbocycles. The van der Waals surface area contributed by atoms with Crippen molar-refractivity contribution in [1.82, 2.24) is 4.90 Å². The Morgan fingerprint density at radius 3 is 2.34 bits per heavy atom. The number of rotatable bonds is 6. The van der Waals surface area contributed by atoms with E-state index in [1.807, 2.05) is 37.3 Å². The Bertz CT molecular complexity index is 1150. The standard InChI is InChI=1S/C26H23FN2O2S/c1-3-29-25(30)24(32-26(29)28-22-12-10-21(27)11-13-22)16-19-8-14-23(15-9-19)31-17-20-6-4-18(2)5-7-20/h4-16H,3,17H2,1-2H3/b24-16+,28-26?. The van der Waals surface area contributed by atoms with Gasteiger partial charge in [0.2, 0.25) is 0 Å². The predicted molar refractivity (Wildman–Crippen MR) is 128 cm³/mol. The maximum atomic E-state index is 13.2. The van der Waals surface area contributed by atoms with Crippen LogP contribution in [-0.4, -0.2) is 22.5 Å². The number of carbonyl (C=O) groups is 1. The minimum absolute atomic E-state index is 0.0851. The smallest absolute Gasteiger partial charge is 0.266 e. The summed E-state index contributed by atoms with van der Waals surface area (Å²) >= 11 is 1.32. The van der Waals surface area contributed by atoms with Crippen LogP contribution in [0, 0.1) is 12.7 Å². The summed E-state index contributed by atoms with van der Waals surface area (Å²) in [4.78, 5) is 19.6. The Morgan fingerprint density at radius 2 is 1.69 bits per heavy atom. The molecule has 0 radical (unpaired) electrons. The molecule has 1 fully saturated rings. The van der Waals surface area contributed by atoms with Gasteiger partial charge in [-0.3, -0.25) is 9.69 Å². The molecule has 0 spiro atoms. The number of amides is 1. The molecule has 1 aliphatic heterocycles. The Kier molecular flexibility index (Phi) is 6.71. The van der Waals surface area contributed by atoms with E-state index in [0.29, 0.717) is 28.9 Å². The average molecular weight is 447 g/mol. The number of carbonyl (C=O) groups excluding carboxylic acids is 1. The van der Waals surface area contributed by atoms with E-state index in [-0.39, 0.29) is 11.7 Å². The van der Waals surface area contributed by atoms with Crippen LogP contribution in [0.3, 0.4) is 0 Å². The maximum Gasteiger partial charge on any atom is 0.266 e. The molecule has 4 rings (SSSR count). The molecule has 0 N–H and O–H groups in total. The zero-order valence-corrected chi connectivity index (χ0v) is 18.7. The topological polar surface area (TPSA) is 41.9 Å². The Hall–Kier alpha value is -3.38. The Labute approximate surface area is 191 Å². The van der Waals surface area contributed by atoms with Crippen LogP contribution in [0.15, 0.2) is 82.7 Å². The van der Waals surface area contributed by atoms with Crippen LogP contribution in [0.25, 0.3) is 6.08 Å². The highest BCUT2D eigenvalue weighted by Gasteiger charge is 2.32. The summed E-state index contributed by atoms with van der Waals surface area (Å²) in [6.45, 7) is 4.98. The van der Waals surface area contributed by atoms with Crippen molar-refractivity contribution in [3.8, 4) is 5.75 Å². The predicted octanol–water partition coefficient (Wildman–Crippen LogP) is 6.34. The number of halogens is 1. The first-order chi connectivity index (χ1) is 15.5. The molecule has 0 bridgehead atoms. The minimum atomic E-state index is -0.316. The third-order valence-electron chi connectivity index (χ3n) is 4.96. The number of aryl methyl sites for hydroxylation is 1. The van der Waals surface area contributed by atoms with Crippen molar-refractivity contribution < 1.29 is 13.9 Å². The van der Waals surface area contributed by atoms with E-state index in [1.165, 1.54) is 29.5 Å². The molecule has 1 amide bonds. The Morgan fingerprint density at radius 1 is 1.00 bits per heavy atom. The van der Waals surface area contributed by atoms with Gasteiger partial charge in [-0.05, 0) is 79.2 Å². The highest BCUT2D eigenvalue weighted by Crippen LogP contribution is 2.34. The zero-order chi connectivity index (χ0) is 22.5. The van der Waals surface area contributed by atoms with Gasteiger partial charge in [0.15, 0.2) is 5.17 Å². The lowest BCUT2D eigenvalue weighted by Crippen LogP contribution is -2.28. The molecular formula is C26H23FN2O2S. The second-order valence-corrected chi connectivity index (χ2v) is 8.38. The molecule has 4 nitrogen and oxygen atoms in total. The SMILES string of the molecule is CCN1C(=O)/C(=C\c2ccc(OCc3ccc(C)cc3)cc2)SC1=Nc1ccc(F)cc1. The van der Waals surface area contributed by atoms with Crippen LogP contribution in [-0.2, 0) is 11.4 Å². The van der Waals surface area contributed by atoms with Gasteiger partial charge in [-0.25, -0.2) is 9.38 Å². The minimum Gasteiger partial charge on any atom is -0.489 e. The second-order valence-electron chi connectivity index (χ2n) is 7.37. The number of nitrogens with zero attached hydrogens (tertiary/aromatic N) is 2. The number of likely N-dealkylation sites (N-methyl/N-ethyl adjacent to an activating group) is 1. The van der Waals surface area contributed by atoms with E-state index in [9.17, 15) is 9.18 Å². The number of hydrogen-bond donors (Lipinski definition) is 0. The van der Waals surface area contributed by atoms with Gasteiger partial charge in [0.1, 0.15) is 18.2 Å². The summed E-state index contributed by atoms with van der Waals surface area (Å²) in [7, 11) is 0. The summed E-state index contributed by atoms with van der Waals surface area (Å²) in [6, 6.07) is 21.8. The Balaban J connectivity index is 1.46. The summed E-state index contributed by atoms with van der Waals surface area (Å²) in [6.07, 6.45) is 1.85. The van der Waals surface area contributed by atoms with Gasteiger partial charge in [0.25, 0.3) is 5.91 Å². The largest absolute Gasteiger partial charge is 0.489 e. The molecule has 162 valence electrons. The molecule has 3 aromatic rings. The monoisotopic (exact) mass is 446 g/mol. The van der Waals surface area contributed by atoms with Gasteiger partial charge in [-0.1, -0.05) is 42.0 Å². The van der Waals surface area contributed by atoms with Crippen LogP contribution in [0.4, 0.5) is 10.1 Å². The first kappa shape index (κ1) is 21.8. The number of hydrogen-bond acceptors (Lipinski definition) is 4. The summed E-state index contributed by atoms with van der Waals surface area (Å²) in [5.74, 6) is 0.369. The fourth-order valence-electron chi connectivity index (χ4n) is 3.16. The van der Waals surface area contributed by atoms with E-state index < -0.39 is 0 Å². The van der Waals surface area contributed by atoms with E-state index in [2.05, 4.69) is 36.2 Å². The fourth-order valence-corrected chi connectivity index (χ4v) is 4.22. The lowest BCUT2D eigenvalue weighted by molar-refractivity contribution is -0.122. The third kappa shape index (κ3) is 5.26. The van der Waals surface area contributed by atoms with Crippen LogP contribution in [0.5, 0.6) is 5.75 Å². The molecule has 32 heavy (non-hydrogen) atoms. The van der Waals surface area contributed by atoms with Crippen molar-refractivity contribution in [2.75, 3.05) is 6.54 Å². The van der Waals surface area contributed by atoms with Gasteiger partial charge in [0, 0.05) is 6.54 Å². The number of benzene rings is 3.